The lowest BCUT2D eigenvalue weighted by molar-refractivity contribution is 0.292. The lowest BCUT2D eigenvalue weighted by atomic mass is 10.2. The number of nitrogens with zero attached hydrogens (tertiary/aromatic N) is 3. The molecular weight excluding hydrogens is 376 g/mol. The third kappa shape index (κ3) is 3.46. The van der Waals surface area contributed by atoms with Crippen LogP contribution >= 0.6 is 0 Å². The van der Waals surface area contributed by atoms with Gasteiger partial charge >= 0.3 is 11.3 Å². The van der Waals surface area contributed by atoms with E-state index in [2.05, 4.69) is 9.97 Å². The van der Waals surface area contributed by atoms with Gasteiger partial charge in [0.15, 0.2) is 11.2 Å². The van der Waals surface area contributed by atoms with Crippen molar-refractivity contribution >= 4 is 22.1 Å². The van der Waals surface area contributed by atoms with Crippen molar-refractivity contribution in [1.82, 2.24) is 19.1 Å². The fourth-order valence-electron chi connectivity index (χ4n) is 3.22. The number of hydrogen-bond donors (Lipinski definition) is 1. The topological polar surface area (TPSA) is 112 Å². The minimum Gasteiger partial charge on any atom is -0.486 e. The average Bonchev–Trinajstić information content (AvgIpc) is 3.02. The van der Waals surface area contributed by atoms with Crippen molar-refractivity contribution in [2.24, 2.45) is 7.05 Å². The van der Waals surface area contributed by atoms with Crippen LogP contribution in [0.2, 0.25) is 0 Å². The molecule has 3 aromatic heterocycles. The number of hydrogen-bond acceptors (Lipinski definition) is 6. The highest BCUT2D eigenvalue weighted by Gasteiger charge is 2.16. The van der Waals surface area contributed by atoms with Crippen LogP contribution in [-0.2, 0) is 20.2 Å². The minimum atomic E-state index is -0.480. The Balaban J connectivity index is 1.68. The zero-order valence-corrected chi connectivity index (χ0v) is 16.1. The Morgan fingerprint density at radius 3 is 2.76 bits per heavy atom. The van der Waals surface area contributed by atoms with E-state index in [1.807, 2.05) is 6.92 Å². The molecule has 0 atom stereocenters. The first-order valence-corrected chi connectivity index (χ1v) is 9.33. The van der Waals surface area contributed by atoms with E-state index in [0.29, 0.717) is 34.9 Å². The van der Waals surface area contributed by atoms with Gasteiger partial charge in [-0.3, -0.25) is 14.3 Å². The summed E-state index contributed by atoms with van der Waals surface area (Å²) in [4.78, 5) is 42.7. The first-order valence-electron chi connectivity index (χ1n) is 9.33. The van der Waals surface area contributed by atoms with Crippen molar-refractivity contribution in [2.45, 2.75) is 32.9 Å². The second-order valence-corrected chi connectivity index (χ2v) is 6.77. The molecule has 4 rings (SSSR count). The van der Waals surface area contributed by atoms with Crippen LogP contribution in [0.25, 0.3) is 22.1 Å². The van der Waals surface area contributed by atoms with Crippen molar-refractivity contribution in [3.05, 3.63) is 67.4 Å². The molecule has 9 nitrogen and oxygen atoms in total. The van der Waals surface area contributed by atoms with Gasteiger partial charge in [0.2, 0.25) is 0 Å². The third-order valence-electron chi connectivity index (χ3n) is 4.80. The maximum absolute atomic E-state index is 12.3. The summed E-state index contributed by atoms with van der Waals surface area (Å²) in [5, 5.41) is 0.783. The molecule has 0 unspecified atom stereocenters. The van der Waals surface area contributed by atoms with E-state index in [4.69, 9.17) is 9.15 Å². The van der Waals surface area contributed by atoms with E-state index in [-0.39, 0.29) is 6.61 Å². The van der Waals surface area contributed by atoms with Gasteiger partial charge in [-0.2, -0.15) is 0 Å². The lowest BCUT2D eigenvalue weighted by Gasteiger charge is -2.06. The standard InChI is InChI=1S/C20H20N4O5/c1-3-4-9-24-18-17(19(26)22-20(24)27)23(2)15(21-18)11-28-13-7-5-12-6-8-16(25)29-14(12)10-13/h5-8,10H,3-4,9,11H2,1-2H3,(H,22,26,27). The predicted octanol–water partition coefficient (Wildman–Crippen LogP) is 1.91. The average molecular weight is 396 g/mol. The van der Waals surface area contributed by atoms with E-state index in [1.54, 1.807) is 35.9 Å². The second-order valence-electron chi connectivity index (χ2n) is 6.77. The van der Waals surface area contributed by atoms with Crippen LogP contribution in [0.5, 0.6) is 5.75 Å². The highest BCUT2D eigenvalue weighted by molar-refractivity contribution is 5.77. The first kappa shape index (κ1) is 18.7. The zero-order chi connectivity index (χ0) is 20.5. The number of aromatic nitrogens is 4. The Kier molecular flexibility index (Phi) is 4.79. The van der Waals surface area contributed by atoms with E-state index in [1.165, 1.54) is 10.6 Å². The molecule has 0 aliphatic carbocycles. The summed E-state index contributed by atoms with van der Waals surface area (Å²) in [6.07, 6.45) is 1.71. The number of unbranched alkanes of at least 4 members (excludes halogenated alkanes) is 1. The Hall–Kier alpha value is -3.62. The van der Waals surface area contributed by atoms with Crippen LogP contribution in [0.1, 0.15) is 25.6 Å². The molecule has 0 aliphatic rings. The molecule has 9 heteroatoms. The number of ether oxygens (including phenoxy) is 1. The monoisotopic (exact) mass is 396 g/mol. The normalized spacial score (nSPS) is 11.4. The summed E-state index contributed by atoms with van der Waals surface area (Å²) < 4.78 is 14.1. The number of fused-ring (bicyclic) bond motifs is 2. The fourth-order valence-corrected chi connectivity index (χ4v) is 3.22. The van der Waals surface area contributed by atoms with Gasteiger partial charge in [0.1, 0.15) is 23.8 Å². The van der Waals surface area contributed by atoms with Crippen molar-refractivity contribution in [2.75, 3.05) is 0 Å². The fraction of sp³-hybridized carbons (Fsp3) is 0.300. The summed E-state index contributed by atoms with van der Waals surface area (Å²) in [5.41, 5.74) is -0.293. The maximum Gasteiger partial charge on any atom is 0.336 e. The van der Waals surface area contributed by atoms with Crippen LogP contribution < -0.4 is 21.6 Å². The van der Waals surface area contributed by atoms with Crippen molar-refractivity contribution in [3.63, 3.8) is 0 Å². The van der Waals surface area contributed by atoms with Crippen molar-refractivity contribution in [1.29, 1.82) is 0 Å². The van der Waals surface area contributed by atoms with E-state index >= 15 is 0 Å². The number of rotatable bonds is 6. The van der Waals surface area contributed by atoms with Gasteiger partial charge in [0.25, 0.3) is 5.56 Å². The number of nitrogens with one attached hydrogen (secondary N) is 1. The predicted molar refractivity (Wildman–Crippen MR) is 107 cm³/mol. The number of imidazole rings is 1. The molecule has 1 N–H and O–H groups in total. The quantitative estimate of drug-likeness (QED) is 0.498. The summed E-state index contributed by atoms with van der Waals surface area (Å²) in [6.45, 7) is 2.58. The smallest absolute Gasteiger partial charge is 0.336 e. The summed E-state index contributed by atoms with van der Waals surface area (Å²) in [6, 6.07) is 8.21. The van der Waals surface area contributed by atoms with E-state index < -0.39 is 16.9 Å². The molecule has 1 aromatic carbocycles. The van der Waals surface area contributed by atoms with Crippen molar-refractivity contribution < 1.29 is 9.15 Å². The van der Waals surface area contributed by atoms with Crippen LogP contribution in [0.3, 0.4) is 0 Å². The van der Waals surface area contributed by atoms with Crippen LogP contribution in [-0.4, -0.2) is 19.1 Å². The SMILES string of the molecule is CCCCn1c(=O)[nH]c(=O)c2c1nc(COc1ccc3ccc(=O)oc3c1)n2C. The number of benzene rings is 1. The summed E-state index contributed by atoms with van der Waals surface area (Å²) >= 11 is 0. The molecule has 0 saturated heterocycles. The molecule has 0 aliphatic heterocycles. The van der Waals surface area contributed by atoms with E-state index in [9.17, 15) is 14.4 Å². The molecule has 3 heterocycles. The molecule has 0 bridgehead atoms. The number of aromatic amines is 1. The largest absolute Gasteiger partial charge is 0.486 e. The number of H-pyrrole nitrogens is 1. The van der Waals surface area contributed by atoms with Gasteiger partial charge in [-0.15, -0.1) is 0 Å². The summed E-state index contributed by atoms with van der Waals surface area (Å²) in [7, 11) is 1.71. The first-order chi connectivity index (χ1) is 14.0. The van der Waals surface area contributed by atoms with Gasteiger partial charge in [0.05, 0.1) is 0 Å². The molecule has 0 radical (unpaired) electrons. The third-order valence-corrected chi connectivity index (χ3v) is 4.80. The molecule has 0 saturated carbocycles. The van der Waals surface area contributed by atoms with Crippen molar-refractivity contribution in [3.8, 4) is 5.75 Å². The highest BCUT2D eigenvalue weighted by Crippen LogP contribution is 2.21. The van der Waals surface area contributed by atoms with Gasteiger partial charge in [-0.1, -0.05) is 13.3 Å². The van der Waals surface area contributed by atoms with Gasteiger partial charge in [-0.25, -0.2) is 14.6 Å². The van der Waals surface area contributed by atoms with Crippen LogP contribution in [0.4, 0.5) is 0 Å². The van der Waals surface area contributed by atoms with Crippen LogP contribution in [0.15, 0.2) is 49.1 Å². The van der Waals surface area contributed by atoms with Gasteiger partial charge < -0.3 is 13.7 Å². The molecule has 0 spiro atoms. The Morgan fingerprint density at radius 2 is 1.97 bits per heavy atom. The van der Waals surface area contributed by atoms with Gasteiger partial charge in [-0.05, 0) is 24.6 Å². The molecule has 0 fully saturated rings. The Bertz CT molecular complexity index is 1380. The maximum atomic E-state index is 12.3. The molecule has 4 aromatic rings. The Morgan fingerprint density at radius 1 is 1.17 bits per heavy atom. The highest BCUT2D eigenvalue weighted by atomic mass is 16.5. The lowest BCUT2D eigenvalue weighted by Crippen LogP contribution is -2.31. The molecule has 29 heavy (non-hydrogen) atoms. The molecule has 150 valence electrons. The minimum absolute atomic E-state index is 0.0785. The summed E-state index contributed by atoms with van der Waals surface area (Å²) in [5.74, 6) is 0.993. The molecule has 0 amide bonds. The van der Waals surface area contributed by atoms with Gasteiger partial charge in [0, 0.05) is 31.1 Å². The second kappa shape index (κ2) is 7.42. The van der Waals surface area contributed by atoms with E-state index in [0.717, 1.165) is 18.2 Å². The zero-order valence-electron chi connectivity index (χ0n) is 16.1. The van der Waals surface area contributed by atoms with Crippen LogP contribution in [0, 0.1) is 0 Å². The Labute approximate surface area is 164 Å². The number of aryl methyl sites for hydroxylation is 2. The molecular formula is C20H20N4O5.